The number of amidine groups is 1. The van der Waals surface area contributed by atoms with Gasteiger partial charge < -0.3 is 5.73 Å². The van der Waals surface area contributed by atoms with E-state index in [0.717, 1.165) is 49.4 Å². The summed E-state index contributed by atoms with van der Waals surface area (Å²) >= 11 is 1.71. The maximum absolute atomic E-state index is 6.63. The maximum atomic E-state index is 6.63. The molecule has 2 atom stereocenters. The molecule has 7 heteroatoms. The van der Waals surface area contributed by atoms with E-state index in [1.807, 2.05) is 128 Å². The number of rotatable bonds is 11. The molecule has 6 aromatic carbocycles. The van der Waals surface area contributed by atoms with Gasteiger partial charge in [0.1, 0.15) is 5.84 Å². The monoisotopic (exact) mass is 730 g/mol. The topological polar surface area (TPSA) is 89.4 Å². The fourth-order valence-corrected chi connectivity index (χ4v) is 7.69. The molecule has 8 rings (SSSR count). The van der Waals surface area contributed by atoms with Crippen molar-refractivity contribution in [2.24, 2.45) is 15.7 Å². The first-order valence-electron chi connectivity index (χ1n) is 18.1. The highest BCUT2D eigenvalue weighted by Gasteiger charge is 2.28. The standard InChI is InChI=1S/C48H38N6S/c1-32(44(49)51-45(36-17-9-4-10-18-36)50-31-34-15-7-3-8-16-34)29-42-33(2)55-43-30-40(27-28-41(42)43)35-23-25-39(26-24-35)48-53-46(37-19-11-5-12-20-37)52-47(54-48)38-21-13-6-14-22-38/h3-28,30-31,42,45H,1-2,29H2,(H2,49,51). The number of aromatic nitrogens is 3. The number of hydrogen-bond donors (Lipinski definition) is 1. The molecule has 0 fully saturated rings. The molecule has 2 N–H and O–H groups in total. The number of fused-ring (bicyclic) bond motifs is 1. The molecule has 0 radical (unpaired) electrons. The van der Waals surface area contributed by atoms with Crippen LogP contribution in [0.2, 0.25) is 0 Å². The van der Waals surface area contributed by atoms with Crippen molar-refractivity contribution in [3.05, 3.63) is 204 Å². The predicted octanol–water partition coefficient (Wildman–Crippen LogP) is 11.4. The summed E-state index contributed by atoms with van der Waals surface area (Å²) in [5.41, 5.74) is 15.6. The summed E-state index contributed by atoms with van der Waals surface area (Å²) in [5.74, 6) is 2.38. The van der Waals surface area contributed by atoms with Gasteiger partial charge in [-0.05, 0) is 50.8 Å². The lowest BCUT2D eigenvalue weighted by Crippen LogP contribution is -2.17. The van der Waals surface area contributed by atoms with E-state index < -0.39 is 6.17 Å². The van der Waals surface area contributed by atoms with E-state index >= 15 is 0 Å². The summed E-state index contributed by atoms with van der Waals surface area (Å²) in [7, 11) is 0. The number of allylic oxidation sites excluding steroid dienone is 1. The molecule has 7 aromatic rings. The number of thioether (sulfide) groups is 1. The molecular weight excluding hydrogens is 693 g/mol. The summed E-state index contributed by atoms with van der Waals surface area (Å²) in [4.78, 5) is 26.5. The van der Waals surface area contributed by atoms with E-state index in [4.69, 9.17) is 30.7 Å². The fraction of sp³-hybridized carbons (Fsp3) is 0.0625. The Labute approximate surface area is 326 Å². The molecule has 2 unspecified atom stereocenters. The first-order valence-corrected chi connectivity index (χ1v) is 18.9. The molecule has 55 heavy (non-hydrogen) atoms. The average Bonchev–Trinajstić information content (AvgIpc) is 3.56. The first-order chi connectivity index (χ1) is 27.0. The highest BCUT2D eigenvalue weighted by Crippen LogP contribution is 2.51. The molecule has 0 amide bonds. The number of aliphatic imine (C=N–C) groups is 2. The second kappa shape index (κ2) is 16.1. The Morgan fingerprint density at radius 2 is 1.13 bits per heavy atom. The van der Waals surface area contributed by atoms with E-state index in [-0.39, 0.29) is 5.92 Å². The zero-order valence-electron chi connectivity index (χ0n) is 30.2. The van der Waals surface area contributed by atoms with Crippen molar-refractivity contribution < 1.29 is 0 Å². The molecule has 1 aliphatic rings. The minimum absolute atomic E-state index is 0.0714. The van der Waals surface area contributed by atoms with Crippen LogP contribution in [0.5, 0.6) is 0 Å². The van der Waals surface area contributed by atoms with E-state index in [1.165, 1.54) is 10.5 Å². The van der Waals surface area contributed by atoms with Gasteiger partial charge in [-0.3, -0.25) is 4.99 Å². The number of nitrogens with zero attached hydrogens (tertiary/aromatic N) is 5. The SMILES string of the molecule is C=C(CC1C(=C)Sc2cc(-c3ccc(-c4nc(-c5ccccc5)nc(-c5ccccc5)n4)cc3)ccc21)C(N)=NC(N=Cc1ccccc1)c1ccccc1. The van der Waals surface area contributed by atoms with E-state index in [0.29, 0.717) is 29.7 Å². The Morgan fingerprint density at radius 3 is 1.71 bits per heavy atom. The smallest absolute Gasteiger partial charge is 0.167 e. The average molecular weight is 731 g/mol. The van der Waals surface area contributed by atoms with Crippen LogP contribution >= 0.6 is 11.8 Å². The highest BCUT2D eigenvalue weighted by molar-refractivity contribution is 8.03. The third-order valence-corrected chi connectivity index (χ3v) is 10.7. The third kappa shape index (κ3) is 8.12. The molecule has 0 bridgehead atoms. The molecule has 1 aliphatic heterocycles. The predicted molar refractivity (Wildman–Crippen MR) is 228 cm³/mol. The Bertz CT molecular complexity index is 2460. The van der Waals surface area contributed by atoms with Crippen LogP contribution in [0.15, 0.2) is 202 Å². The van der Waals surface area contributed by atoms with Crippen molar-refractivity contribution in [1.82, 2.24) is 15.0 Å². The zero-order chi connectivity index (χ0) is 37.6. The van der Waals surface area contributed by atoms with Gasteiger partial charge >= 0.3 is 0 Å². The Hall–Kier alpha value is -6.70. The molecule has 2 heterocycles. The van der Waals surface area contributed by atoms with Gasteiger partial charge in [-0.25, -0.2) is 19.9 Å². The lowest BCUT2D eigenvalue weighted by molar-refractivity contribution is 0.774. The minimum Gasteiger partial charge on any atom is -0.384 e. The van der Waals surface area contributed by atoms with Gasteiger partial charge in [0.15, 0.2) is 23.6 Å². The van der Waals surface area contributed by atoms with Crippen LogP contribution in [0.4, 0.5) is 0 Å². The van der Waals surface area contributed by atoms with Crippen LogP contribution in [0.25, 0.3) is 45.3 Å². The molecular formula is C48H38N6S. The molecule has 0 saturated heterocycles. The second-order valence-corrected chi connectivity index (χ2v) is 14.5. The van der Waals surface area contributed by atoms with Gasteiger partial charge in [0, 0.05) is 33.7 Å². The minimum atomic E-state index is -0.484. The van der Waals surface area contributed by atoms with Gasteiger partial charge in [0.2, 0.25) is 0 Å². The zero-order valence-corrected chi connectivity index (χ0v) is 31.0. The summed E-state index contributed by atoms with van der Waals surface area (Å²) in [6, 6.07) is 55.0. The van der Waals surface area contributed by atoms with Crippen LogP contribution in [0.1, 0.15) is 35.2 Å². The fourth-order valence-electron chi connectivity index (χ4n) is 6.54. The van der Waals surface area contributed by atoms with Crippen LogP contribution in [-0.2, 0) is 0 Å². The molecule has 0 aliphatic carbocycles. The molecule has 0 saturated carbocycles. The lowest BCUT2D eigenvalue weighted by Gasteiger charge is -2.16. The summed E-state index contributed by atoms with van der Waals surface area (Å²) in [6.45, 7) is 8.80. The van der Waals surface area contributed by atoms with Gasteiger partial charge in [-0.2, -0.15) is 0 Å². The van der Waals surface area contributed by atoms with Crippen LogP contribution in [-0.4, -0.2) is 27.0 Å². The molecule has 0 spiro atoms. The molecule has 1 aromatic heterocycles. The number of hydrogen-bond acceptors (Lipinski definition) is 6. The number of benzene rings is 6. The van der Waals surface area contributed by atoms with Crippen molar-refractivity contribution in [2.75, 3.05) is 0 Å². The molecule has 6 nitrogen and oxygen atoms in total. The Morgan fingerprint density at radius 1 is 0.636 bits per heavy atom. The summed E-state index contributed by atoms with van der Waals surface area (Å²) < 4.78 is 0. The van der Waals surface area contributed by atoms with Crippen molar-refractivity contribution in [3.8, 4) is 45.3 Å². The van der Waals surface area contributed by atoms with E-state index in [1.54, 1.807) is 11.8 Å². The van der Waals surface area contributed by atoms with Crippen molar-refractivity contribution in [1.29, 1.82) is 0 Å². The lowest BCUT2D eigenvalue weighted by atomic mass is 9.90. The second-order valence-electron chi connectivity index (χ2n) is 13.3. The van der Waals surface area contributed by atoms with Gasteiger partial charge in [0.05, 0.1) is 0 Å². The Balaban J connectivity index is 1.01. The highest BCUT2D eigenvalue weighted by atomic mass is 32.2. The normalized spacial score (nSPS) is 14.5. The third-order valence-electron chi connectivity index (χ3n) is 9.53. The first kappa shape index (κ1) is 35.3. The maximum Gasteiger partial charge on any atom is 0.167 e. The molecule has 266 valence electrons. The van der Waals surface area contributed by atoms with Crippen molar-refractivity contribution in [3.63, 3.8) is 0 Å². The van der Waals surface area contributed by atoms with E-state index in [2.05, 4.69) is 55.6 Å². The van der Waals surface area contributed by atoms with Crippen molar-refractivity contribution in [2.45, 2.75) is 23.4 Å². The summed E-state index contributed by atoms with van der Waals surface area (Å²) in [5, 5.41) is 0. The Kier molecular flexibility index (Phi) is 10.4. The van der Waals surface area contributed by atoms with Crippen LogP contribution in [0, 0.1) is 0 Å². The van der Waals surface area contributed by atoms with Crippen LogP contribution < -0.4 is 5.73 Å². The van der Waals surface area contributed by atoms with Gasteiger partial charge in [0.25, 0.3) is 0 Å². The van der Waals surface area contributed by atoms with Crippen molar-refractivity contribution >= 4 is 23.8 Å². The van der Waals surface area contributed by atoms with Gasteiger partial charge in [-0.1, -0.05) is 183 Å². The van der Waals surface area contributed by atoms with Crippen LogP contribution in [0.3, 0.4) is 0 Å². The van der Waals surface area contributed by atoms with Gasteiger partial charge in [-0.15, -0.1) is 0 Å². The van der Waals surface area contributed by atoms with E-state index in [9.17, 15) is 0 Å². The number of nitrogens with two attached hydrogens (primary N) is 1. The largest absolute Gasteiger partial charge is 0.384 e. The summed E-state index contributed by atoms with van der Waals surface area (Å²) in [6.07, 6.45) is 1.97. The quantitative estimate of drug-likeness (QED) is 0.106.